The van der Waals surface area contributed by atoms with Crippen molar-refractivity contribution >= 4 is 47.0 Å². The Hall–Kier alpha value is -3.30. The number of halogens is 2. The molecule has 9 nitrogen and oxygen atoms in total. The van der Waals surface area contributed by atoms with Gasteiger partial charge in [0.25, 0.3) is 11.8 Å². The van der Waals surface area contributed by atoms with Crippen molar-refractivity contribution < 1.29 is 24.3 Å². The van der Waals surface area contributed by atoms with Crippen molar-refractivity contribution in [3.05, 3.63) is 69.2 Å². The number of nitrogens with zero attached hydrogens (tertiary/aromatic N) is 2. The summed E-state index contributed by atoms with van der Waals surface area (Å²) in [4.78, 5) is 54.2. The van der Waals surface area contributed by atoms with Crippen molar-refractivity contribution in [2.45, 2.75) is 38.9 Å². The number of carbonyl (C=O) groups is 4. The molecule has 36 heavy (non-hydrogen) atoms. The maximum Gasteiger partial charge on any atom is 0.319 e. The Labute approximate surface area is 219 Å². The lowest BCUT2D eigenvalue weighted by atomic mass is 10.0. The molecular formula is C25H28Cl2N4O5. The molecule has 192 valence electrons. The van der Waals surface area contributed by atoms with E-state index in [1.807, 2.05) is 13.0 Å². The number of hydrogen-bond acceptors (Lipinski definition) is 4. The average Bonchev–Trinajstić information content (AvgIpc) is 2.84. The van der Waals surface area contributed by atoms with Gasteiger partial charge in [0.2, 0.25) is 0 Å². The minimum atomic E-state index is -1.30. The zero-order chi connectivity index (χ0) is 26.4. The lowest BCUT2D eigenvalue weighted by molar-refractivity contribution is -0.138. The van der Waals surface area contributed by atoms with Crippen molar-refractivity contribution in [3.63, 3.8) is 0 Å². The molecular weight excluding hydrogens is 507 g/mol. The summed E-state index contributed by atoms with van der Waals surface area (Å²) in [5, 5.41) is 15.4. The van der Waals surface area contributed by atoms with Gasteiger partial charge in [0.15, 0.2) is 6.17 Å². The van der Waals surface area contributed by atoms with E-state index in [0.29, 0.717) is 18.5 Å². The lowest BCUT2D eigenvalue weighted by Crippen LogP contribution is -2.65. The Balaban J connectivity index is 1.97. The maximum atomic E-state index is 13.7. The number of carbonyl (C=O) groups excluding carboxylic acids is 3. The van der Waals surface area contributed by atoms with Crippen molar-refractivity contribution in [1.82, 2.24) is 20.4 Å². The smallest absolute Gasteiger partial charge is 0.319 e. The van der Waals surface area contributed by atoms with Crippen LogP contribution < -0.4 is 10.6 Å². The molecule has 1 aliphatic rings. The molecule has 0 aliphatic carbocycles. The van der Waals surface area contributed by atoms with Gasteiger partial charge in [-0.2, -0.15) is 0 Å². The van der Waals surface area contributed by atoms with Crippen LogP contribution in [0.25, 0.3) is 0 Å². The first kappa shape index (κ1) is 27.3. The fraction of sp³-hybridized carbons (Fsp3) is 0.360. The van der Waals surface area contributed by atoms with Gasteiger partial charge in [-0.1, -0.05) is 53.0 Å². The number of carboxylic acid groups (broad SMARTS) is 1. The van der Waals surface area contributed by atoms with Gasteiger partial charge >= 0.3 is 12.0 Å². The van der Waals surface area contributed by atoms with Crippen LogP contribution in [-0.4, -0.2) is 64.5 Å². The monoisotopic (exact) mass is 534 g/mol. The van der Waals surface area contributed by atoms with Crippen molar-refractivity contribution in [1.29, 1.82) is 0 Å². The zero-order valence-electron chi connectivity index (χ0n) is 20.0. The molecule has 3 N–H and O–H groups in total. The van der Waals surface area contributed by atoms with Crippen molar-refractivity contribution in [2.24, 2.45) is 0 Å². The quantitative estimate of drug-likeness (QED) is 0.498. The van der Waals surface area contributed by atoms with Gasteiger partial charge in [0, 0.05) is 25.2 Å². The second kappa shape index (κ2) is 12.1. The third-order valence-corrected chi connectivity index (χ3v) is 6.52. The third kappa shape index (κ3) is 6.47. The Morgan fingerprint density at radius 1 is 1.06 bits per heavy atom. The largest absolute Gasteiger partial charge is 0.481 e. The highest BCUT2D eigenvalue weighted by atomic mass is 35.5. The molecule has 11 heteroatoms. The molecule has 2 aromatic carbocycles. The zero-order valence-corrected chi connectivity index (χ0v) is 21.5. The fourth-order valence-electron chi connectivity index (χ4n) is 4.14. The van der Waals surface area contributed by atoms with Gasteiger partial charge in [0.05, 0.1) is 22.5 Å². The van der Waals surface area contributed by atoms with E-state index in [1.54, 1.807) is 25.1 Å². The SMILES string of the molecule is CCNC(=O)N1CCCN(C(=O)c2ccc(Cl)c(Cl)c2)C1C(=O)NC(CC(=O)O)c1cccc(C)c1. The first-order valence-corrected chi connectivity index (χ1v) is 12.3. The average molecular weight is 535 g/mol. The number of aliphatic carboxylic acids is 1. The highest BCUT2D eigenvalue weighted by Gasteiger charge is 2.41. The van der Waals surface area contributed by atoms with Crippen LogP contribution in [0.1, 0.15) is 47.3 Å². The van der Waals surface area contributed by atoms with Crippen molar-refractivity contribution in [2.75, 3.05) is 19.6 Å². The molecule has 0 spiro atoms. The number of benzene rings is 2. The van der Waals surface area contributed by atoms with E-state index in [4.69, 9.17) is 23.2 Å². The third-order valence-electron chi connectivity index (χ3n) is 5.78. The molecule has 2 atom stereocenters. The second-order valence-electron chi connectivity index (χ2n) is 8.46. The molecule has 3 rings (SSSR count). The number of aryl methyl sites for hydroxylation is 1. The van der Waals surface area contributed by atoms with E-state index < -0.39 is 36.0 Å². The fourth-order valence-corrected chi connectivity index (χ4v) is 4.44. The number of amides is 4. The molecule has 0 aromatic heterocycles. The van der Waals surface area contributed by atoms with E-state index in [-0.39, 0.29) is 35.1 Å². The number of nitrogens with one attached hydrogen (secondary N) is 2. The van der Waals surface area contributed by atoms with Crippen LogP contribution in [0.4, 0.5) is 4.79 Å². The second-order valence-corrected chi connectivity index (χ2v) is 9.27. The summed E-state index contributed by atoms with van der Waals surface area (Å²) in [5.41, 5.74) is 1.71. The van der Waals surface area contributed by atoms with Crippen LogP contribution in [0.3, 0.4) is 0 Å². The number of rotatable bonds is 7. The van der Waals surface area contributed by atoms with E-state index in [1.165, 1.54) is 28.0 Å². The summed E-state index contributed by atoms with van der Waals surface area (Å²) in [5.74, 6) is -2.27. The molecule has 2 unspecified atom stereocenters. The molecule has 1 heterocycles. The minimum absolute atomic E-state index is 0.182. The summed E-state index contributed by atoms with van der Waals surface area (Å²) in [7, 11) is 0. The minimum Gasteiger partial charge on any atom is -0.481 e. The number of urea groups is 1. The first-order valence-electron chi connectivity index (χ1n) is 11.5. The van der Waals surface area contributed by atoms with Gasteiger partial charge in [-0.15, -0.1) is 0 Å². The standard InChI is InChI=1S/C25H28Cl2N4O5/c1-3-28-25(36)31-11-5-10-30(24(35)17-8-9-18(26)19(27)13-17)23(31)22(34)29-20(14-21(32)33)16-7-4-6-15(2)12-16/h4,6-9,12-13,20,23H,3,5,10-11,14H2,1-2H3,(H,28,36)(H,29,34)(H,32,33). The predicted octanol–water partition coefficient (Wildman–Crippen LogP) is 3.84. The van der Waals surface area contributed by atoms with E-state index in [2.05, 4.69) is 10.6 Å². The van der Waals surface area contributed by atoms with Gasteiger partial charge < -0.3 is 20.6 Å². The Morgan fingerprint density at radius 2 is 1.78 bits per heavy atom. The Morgan fingerprint density at radius 3 is 2.42 bits per heavy atom. The van der Waals surface area contributed by atoms with Crippen LogP contribution in [0.5, 0.6) is 0 Å². The summed E-state index contributed by atoms with van der Waals surface area (Å²) in [6.45, 7) is 4.38. The normalized spacial score (nSPS) is 16.3. The summed E-state index contributed by atoms with van der Waals surface area (Å²) in [6.07, 6.45) is -1.22. The lowest BCUT2D eigenvalue weighted by Gasteiger charge is -2.43. The van der Waals surface area contributed by atoms with E-state index in [0.717, 1.165) is 5.56 Å². The molecule has 2 aromatic rings. The summed E-state index contributed by atoms with van der Waals surface area (Å²) < 4.78 is 0. The van der Waals surface area contributed by atoms with E-state index >= 15 is 0 Å². The molecule has 0 saturated carbocycles. The van der Waals surface area contributed by atoms with Gasteiger partial charge in [-0.05, 0) is 44.0 Å². The van der Waals surface area contributed by atoms with Gasteiger partial charge in [-0.25, -0.2) is 4.79 Å². The van der Waals surface area contributed by atoms with Gasteiger partial charge in [0.1, 0.15) is 0 Å². The maximum absolute atomic E-state index is 13.7. The van der Waals surface area contributed by atoms with Gasteiger partial charge in [-0.3, -0.25) is 19.3 Å². The van der Waals surface area contributed by atoms with Crippen LogP contribution >= 0.6 is 23.2 Å². The number of hydrogen-bond donors (Lipinski definition) is 3. The highest BCUT2D eigenvalue weighted by Crippen LogP contribution is 2.26. The molecule has 1 aliphatic heterocycles. The number of carboxylic acids is 1. The topological polar surface area (TPSA) is 119 Å². The van der Waals surface area contributed by atoms with E-state index in [9.17, 15) is 24.3 Å². The Bertz CT molecular complexity index is 1160. The first-order chi connectivity index (χ1) is 17.1. The van der Waals surface area contributed by atoms with Crippen LogP contribution in [0.2, 0.25) is 10.0 Å². The van der Waals surface area contributed by atoms with Crippen molar-refractivity contribution in [3.8, 4) is 0 Å². The molecule has 1 fully saturated rings. The highest BCUT2D eigenvalue weighted by molar-refractivity contribution is 6.42. The molecule has 0 bridgehead atoms. The molecule has 0 radical (unpaired) electrons. The molecule has 1 saturated heterocycles. The van der Waals surface area contributed by atoms with Crippen LogP contribution in [0, 0.1) is 6.92 Å². The van der Waals surface area contributed by atoms with Crippen LogP contribution in [0.15, 0.2) is 42.5 Å². The molecule has 4 amide bonds. The van der Waals surface area contributed by atoms with Crippen LogP contribution in [-0.2, 0) is 9.59 Å². The predicted molar refractivity (Wildman–Crippen MR) is 136 cm³/mol. The summed E-state index contributed by atoms with van der Waals surface area (Å²) >= 11 is 12.1. The Kier molecular flexibility index (Phi) is 9.17. The summed E-state index contributed by atoms with van der Waals surface area (Å²) in [6, 6.07) is 10.2.